The summed E-state index contributed by atoms with van der Waals surface area (Å²) in [5, 5.41) is 3.76. The van der Waals surface area contributed by atoms with Gasteiger partial charge in [-0.2, -0.15) is 0 Å². The van der Waals surface area contributed by atoms with Crippen LogP contribution in [0.3, 0.4) is 0 Å². The fraction of sp³-hybridized carbons (Fsp3) is 0.360. The fourth-order valence-electron chi connectivity index (χ4n) is 3.84. The highest BCUT2D eigenvalue weighted by atomic mass is 32.2. The molecule has 210 valence electrons. The second-order valence-corrected chi connectivity index (χ2v) is 12.3. The van der Waals surface area contributed by atoms with Crippen LogP contribution in [0, 0.1) is 23.3 Å². The third kappa shape index (κ3) is 6.17. The maximum absolute atomic E-state index is 15.2. The Kier molecular flexibility index (Phi) is 8.19. The minimum absolute atomic E-state index is 0.0574. The lowest BCUT2D eigenvalue weighted by atomic mass is 10.0. The number of rotatable bonds is 8. The highest BCUT2D eigenvalue weighted by molar-refractivity contribution is 7.93. The van der Waals surface area contributed by atoms with Gasteiger partial charge in [0.15, 0.2) is 17.5 Å². The number of halogens is 4. The van der Waals surface area contributed by atoms with Crippen molar-refractivity contribution >= 4 is 39.0 Å². The van der Waals surface area contributed by atoms with E-state index in [1.807, 2.05) is 4.90 Å². The molecule has 0 bridgehead atoms. The van der Waals surface area contributed by atoms with Crippen molar-refractivity contribution in [1.29, 1.82) is 0 Å². The molecule has 14 heteroatoms. The first-order chi connectivity index (χ1) is 18.3. The van der Waals surface area contributed by atoms with Crippen molar-refractivity contribution < 1.29 is 35.5 Å². The lowest BCUT2D eigenvalue weighted by Gasteiger charge is -2.31. The highest BCUT2D eigenvalue weighted by Gasteiger charge is 2.38. The molecular formula is C25H26F4N4O4S2. The number of sulfonamides is 1. The third-order valence-electron chi connectivity index (χ3n) is 5.85. The van der Waals surface area contributed by atoms with Crippen LogP contribution in [0.1, 0.15) is 38.3 Å². The molecule has 2 aromatic carbocycles. The first-order valence-corrected chi connectivity index (χ1v) is 14.2. The summed E-state index contributed by atoms with van der Waals surface area (Å²) in [7, 11) is -5.02. The van der Waals surface area contributed by atoms with Gasteiger partial charge in [-0.3, -0.25) is 4.90 Å². The summed E-state index contributed by atoms with van der Waals surface area (Å²) in [6, 6.07) is 3.66. The summed E-state index contributed by atoms with van der Waals surface area (Å²) >= 11 is 0.978. The van der Waals surface area contributed by atoms with Gasteiger partial charge in [0.1, 0.15) is 22.1 Å². The summed E-state index contributed by atoms with van der Waals surface area (Å²) in [6.45, 7) is 5.76. The van der Waals surface area contributed by atoms with E-state index in [-0.39, 0.29) is 27.8 Å². The molecule has 0 unspecified atom stereocenters. The lowest BCUT2D eigenvalue weighted by molar-refractivity contribution is 0.0608. The summed E-state index contributed by atoms with van der Waals surface area (Å²) in [4.78, 5) is 17.4. The van der Waals surface area contributed by atoms with Gasteiger partial charge in [-0.15, -0.1) is 15.6 Å². The predicted octanol–water partition coefficient (Wildman–Crippen LogP) is 5.65. The Bertz CT molecular complexity index is 1470. The smallest absolute Gasteiger partial charge is 0.430 e. The number of nitrogens with one attached hydrogen (secondary N) is 1. The van der Waals surface area contributed by atoms with Crippen LogP contribution in [0.25, 0.3) is 0 Å². The molecular weight excluding hydrogens is 560 g/mol. The number of hydrogen-bond donors (Lipinski definition) is 1. The van der Waals surface area contributed by atoms with E-state index in [4.69, 9.17) is 4.74 Å². The molecule has 2 heterocycles. The quantitative estimate of drug-likeness (QED) is 0.341. The molecule has 1 aliphatic rings. The Morgan fingerprint density at radius 1 is 1.08 bits per heavy atom. The fourth-order valence-corrected chi connectivity index (χ4v) is 5.75. The second-order valence-electron chi connectivity index (χ2n) is 9.81. The summed E-state index contributed by atoms with van der Waals surface area (Å²) < 4.78 is 91.4. The van der Waals surface area contributed by atoms with Gasteiger partial charge < -0.3 is 10.1 Å². The average Bonchev–Trinajstić information content (AvgIpc) is 3.32. The van der Waals surface area contributed by atoms with Crippen molar-refractivity contribution in [2.24, 2.45) is 0 Å². The van der Waals surface area contributed by atoms with Crippen LogP contribution in [0.5, 0.6) is 0 Å². The molecule has 0 aliphatic carbocycles. The molecule has 1 N–H and O–H groups in total. The van der Waals surface area contributed by atoms with Crippen LogP contribution in [0.15, 0.2) is 40.1 Å². The molecule has 39 heavy (non-hydrogen) atoms. The van der Waals surface area contributed by atoms with Gasteiger partial charge in [0.05, 0.1) is 11.2 Å². The minimum atomic E-state index is -5.02. The number of nitrogens with zero attached hydrogens (tertiary/aromatic N) is 3. The molecule has 1 amide bonds. The topological polar surface area (TPSA) is 91.8 Å². The van der Waals surface area contributed by atoms with Gasteiger partial charge in [0, 0.05) is 29.6 Å². The van der Waals surface area contributed by atoms with Crippen molar-refractivity contribution in [3.63, 3.8) is 0 Å². The van der Waals surface area contributed by atoms with E-state index >= 15 is 8.78 Å². The normalized spacial score (nSPS) is 14.1. The van der Waals surface area contributed by atoms with Crippen molar-refractivity contribution in [3.05, 3.63) is 69.6 Å². The van der Waals surface area contributed by atoms with E-state index in [1.54, 1.807) is 0 Å². The number of carbonyl (C=O) groups excluding carboxylic acids is 1. The maximum atomic E-state index is 15.2. The third-order valence-corrected chi connectivity index (χ3v) is 8.12. The lowest BCUT2D eigenvalue weighted by Crippen LogP contribution is -2.41. The number of likely N-dealkylation sites (tertiary alicyclic amines) is 1. The van der Waals surface area contributed by atoms with Crippen LogP contribution in [0.2, 0.25) is 0 Å². The van der Waals surface area contributed by atoms with Crippen LogP contribution in [-0.2, 0) is 27.8 Å². The number of anilines is 2. The molecule has 0 atom stereocenters. The summed E-state index contributed by atoms with van der Waals surface area (Å²) in [5.74, 6) is -5.07. The van der Waals surface area contributed by atoms with Crippen LogP contribution in [-0.4, -0.2) is 43.1 Å². The maximum Gasteiger partial charge on any atom is 0.430 e. The van der Waals surface area contributed by atoms with Crippen LogP contribution in [0.4, 0.5) is 33.9 Å². The van der Waals surface area contributed by atoms with Crippen molar-refractivity contribution in [3.8, 4) is 0 Å². The van der Waals surface area contributed by atoms with Crippen molar-refractivity contribution in [2.75, 3.05) is 22.7 Å². The standard InChI is InChI=1S/C25H26F4N4O4S2/c1-25(2,3)37-24(34)33(21-13-38-14-31-21)39(35,36)20-8-7-19(22(28)23(20)29)30-11-15-16(12-32-9-4-10-32)18(27)6-5-17(15)26/h5-8,13-14,30H,4,9-12H2,1-3H3. The van der Waals surface area contributed by atoms with E-state index in [0.29, 0.717) is 0 Å². The number of hydrogen-bond acceptors (Lipinski definition) is 8. The number of ether oxygens (including phenoxy) is 1. The largest absolute Gasteiger partial charge is 0.443 e. The Labute approximate surface area is 227 Å². The second kappa shape index (κ2) is 11.1. The predicted molar refractivity (Wildman–Crippen MR) is 138 cm³/mol. The molecule has 1 saturated heterocycles. The zero-order chi connectivity index (χ0) is 28.5. The van der Waals surface area contributed by atoms with Crippen LogP contribution < -0.4 is 9.62 Å². The van der Waals surface area contributed by atoms with Gasteiger partial charge in [0.25, 0.3) is 10.0 Å². The van der Waals surface area contributed by atoms with E-state index in [2.05, 4.69) is 10.3 Å². The van der Waals surface area contributed by atoms with E-state index in [0.717, 1.165) is 55.1 Å². The molecule has 1 aliphatic heterocycles. The van der Waals surface area contributed by atoms with E-state index in [9.17, 15) is 22.0 Å². The first kappa shape index (κ1) is 28.8. The molecule has 4 rings (SSSR count). The SMILES string of the molecule is CC(C)(C)OC(=O)N(c1cscn1)S(=O)(=O)c1ccc(NCc2c(F)ccc(F)c2CN2CCC2)c(F)c1F. The Morgan fingerprint density at radius 2 is 1.74 bits per heavy atom. The van der Waals surface area contributed by atoms with Gasteiger partial charge in [-0.1, -0.05) is 0 Å². The van der Waals surface area contributed by atoms with Crippen molar-refractivity contribution in [2.45, 2.75) is 50.8 Å². The summed E-state index contributed by atoms with van der Waals surface area (Å²) in [5.41, 5.74) is -0.285. The zero-order valence-electron chi connectivity index (χ0n) is 21.3. The minimum Gasteiger partial charge on any atom is -0.443 e. The molecule has 0 radical (unpaired) electrons. The number of benzene rings is 2. The molecule has 1 aromatic heterocycles. The van der Waals surface area contributed by atoms with Gasteiger partial charge in [-0.05, 0) is 64.5 Å². The van der Waals surface area contributed by atoms with Gasteiger partial charge in [-0.25, -0.2) is 35.8 Å². The monoisotopic (exact) mass is 586 g/mol. The van der Waals surface area contributed by atoms with E-state index < -0.39 is 62.1 Å². The Balaban J connectivity index is 1.64. The average molecular weight is 587 g/mol. The number of aromatic nitrogens is 1. The molecule has 0 saturated carbocycles. The Morgan fingerprint density at radius 3 is 2.31 bits per heavy atom. The zero-order valence-corrected chi connectivity index (χ0v) is 22.9. The molecule has 8 nitrogen and oxygen atoms in total. The number of amides is 1. The van der Waals surface area contributed by atoms with Gasteiger partial charge >= 0.3 is 6.09 Å². The number of carbonyl (C=O) groups is 1. The molecule has 0 spiro atoms. The highest BCUT2D eigenvalue weighted by Crippen LogP contribution is 2.31. The van der Waals surface area contributed by atoms with Crippen LogP contribution >= 0.6 is 11.3 Å². The van der Waals surface area contributed by atoms with E-state index in [1.165, 1.54) is 31.7 Å². The molecule has 1 fully saturated rings. The molecule has 3 aromatic rings. The Hall–Kier alpha value is -3.23. The summed E-state index contributed by atoms with van der Waals surface area (Å²) in [6.07, 6.45) is -0.412. The van der Waals surface area contributed by atoms with Gasteiger partial charge in [0.2, 0.25) is 0 Å². The first-order valence-electron chi connectivity index (χ1n) is 11.9. The van der Waals surface area contributed by atoms with Crippen molar-refractivity contribution in [1.82, 2.24) is 9.88 Å². The number of thiazole rings is 1.